The highest BCUT2D eigenvalue weighted by atomic mass is 16.7. The average Bonchev–Trinajstić information content (AvgIpc) is 2.84. The van der Waals surface area contributed by atoms with Crippen molar-refractivity contribution in [3.8, 4) is 0 Å². The van der Waals surface area contributed by atoms with Crippen molar-refractivity contribution in [2.75, 3.05) is 27.4 Å². The third-order valence-electron chi connectivity index (χ3n) is 2.63. The van der Waals surface area contributed by atoms with Crippen LogP contribution in [0.5, 0.6) is 0 Å². The fourth-order valence-corrected chi connectivity index (χ4v) is 1.73. The highest BCUT2D eigenvalue weighted by Crippen LogP contribution is 2.27. The van der Waals surface area contributed by atoms with Gasteiger partial charge in [-0.1, -0.05) is 6.08 Å². The molecule has 1 aliphatic heterocycles. The quantitative estimate of drug-likeness (QED) is 0.652. The summed E-state index contributed by atoms with van der Waals surface area (Å²) in [5.74, 6) is -1.60. The number of hydrogen-bond acceptors (Lipinski definition) is 5. The van der Waals surface area contributed by atoms with E-state index in [1.807, 2.05) is 0 Å². The summed E-state index contributed by atoms with van der Waals surface area (Å²) >= 11 is 0. The Morgan fingerprint density at radius 3 is 2.44 bits per heavy atom. The fourth-order valence-electron chi connectivity index (χ4n) is 1.73. The van der Waals surface area contributed by atoms with Crippen LogP contribution in [0.4, 0.5) is 0 Å². The fraction of sp³-hybridized carbons (Fsp3) is 0.545. The predicted octanol–water partition coefficient (Wildman–Crippen LogP) is 0.414. The van der Waals surface area contributed by atoms with Crippen molar-refractivity contribution in [2.24, 2.45) is 0 Å². The lowest BCUT2D eigenvalue weighted by Crippen LogP contribution is -2.42. The van der Waals surface area contributed by atoms with Crippen LogP contribution < -0.4 is 0 Å². The van der Waals surface area contributed by atoms with Gasteiger partial charge in [0.15, 0.2) is 6.29 Å². The Balaban J connectivity index is 2.26. The highest BCUT2D eigenvalue weighted by Gasteiger charge is 2.39. The summed E-state index contributed by atoms with van der Waals surface area (Å²) in [6.45, 7) is 1.10. The Labute approximate surface area is 93.6 Å². The zero-order valence-corrected chi connectivity index (χ0v) is 9.26. The second kappa shape index (κ2) is 4.47. The van der Waals surface area contributed by atoms with E-state index in [1.54, 1.807) is 12.2 Å². The van der Waals surface area contributed by atoms with Crippen LogP contribution in [0, 0.1) is 0 Å². The molecule has 16 heavy (non-hydrogen) atoms. The maximum Gasteiger partial charge on any atom is 0.253 e. The van der Waals surface area contributed by atoms with Gasteiger partial charge in [0.1, 0.15) is 0 Å². The molecule has 5 nitrogen and oxygen atoms in total. The molecular weight excluding hydrogens is 212 g/mol. The Kier molecular flexibility index (Phi) is 3.20. The number of carbonyl (C=O) groups excluding carboxylic acids is 1. The predicted molar refractivity (Wildman–Crippen MR) is 54.7 cm³/mol. The molecule has 0 N–H and O–H groups in total. The molecule has 0 amide bonds. The van der Waals surface area contributed by atoms with E-state index in [1.165, 1.54) is 20.3 Å². The largest absolute Gasteiger partial charge is 0.346 e. The molecule has 1 saturated heterocycles. The molecule has 1 fully saturated rings. The van der Waals surface area contributed by atoms with Gasteiger partial charge in [-0.25, -0.2) is 0 Å². The van der Waals surface area contributed by atoms with Crippen molar-refractivity contribution in [1.29, 1.82) is 0 Å². The van der Waals surface area contributed by atoms with Gasteiger partial charge in [0.25, 0.3) is 5.79 Å². The number of ketones is 1. The summed E-state index contributed by atoms with van der Waals surface area (Å²) in [5, 5.41) is 0. The van der Waals surface area contributed by atoms with Gasteiger partial charge in [-0.3, -0.25) is 4.79 Å². The summed E-state index contributed by atoms with van der Waals surface area (Å²) in [6, 6.07) is 0. The Hall–Kier alpha value is -1.01. The Morgan fingerprint density at radius 2 is 1.88 bits per heavy atom. The summed E-state index contributed by atoms with van der Waals surface area (Å²) in [7, 11) is 2.84. The zero-order valence-electron chi connectivity index (χ0n) is 9.26. The van der Waals surface area contributed by atoms with Crippen LogP contribution in [0.2, 0.25) is 0 Å². The SMILES string of the molecule is COC1(OC)C=C(C2OCCO2)C=CC1=O. The van der Waals surface area contributed by atoms with Gasteiger partial charge in [-0.05, 0) is 12.2 Å². The topological polar surface area (TPSA) is 54.0 Å². The number of methoxy groups -OCH3 is 2. The van der Waals surface area contributed by atoms with Gasteiger partial charge >= 0.3 is 0 Å². The summed E-state index contributed by atoms with van der Waals surface area (Å²) in [4.78, 5) is 11.7. The van der Waals surface area contributed by atoms with Crippen LogP contribution >= 0.6 is 0 Å². The molecule has 1 aliphatic carbocycles. The lowest BCUT2D eigenvalue weighted by Gasteiger charge is -2.28. The van der Waals surface area contributed by atoms with E-state index in [0.29, 0.717) is 13.2 Å². The smallest absolute Gasteiger partial charge is 0.253 e. The first-order valence-corrected chi connectivity index (χ1v) is 5.00. The van der Waals surface area contributed by atoms with Crippen LogP contribution in [0.1, 0.15) is 0 Å². The molecule has 0 atom stereocenters. The molecule has 2 aliphatic rings. The summed E-state index contributed by atoms with van der Waals surface area (Å²) in [5.41, 5.74) is 0.737. The Bertz CT molecular complexity index is 334. The van der Waals surface area contributed by atoms with Crippen LogP contribution in [0.15, 0.2) is 23.8 Å². The van der Waals surface area contributed by atoms with E-state index in [2.05, 4.69) is 0 Å². The third kappa shape index (κ3) is 1.82. The first kappa shape index (κ1) is 11.5. The Morgan fingerprint density at radius 1 is 1.25 bits per heavy atom. The summed E-state index contributed by atoms with van der Waals surface area (Å²) < 4.78 is 20.9. The van der Waals surface area contributed by atoms with E-state index in [4.69, 9.17) is 18.9 Å². The van der Waals surface area contributed by atoms with Crippen molar-refractivity contribution in [1.82, 2.24) is 0 Å². The van der Waals surface area contributed by atoms with Gasteiger partial charge in [0, 0.05) is 19.8 Å². The molecule has 88 valence electrons. The number of hydrogen-bond donors (Lipinski definition) is 0. The molecule has 0 radical (unpaired) electrons. The minimum Gasteiger partial charge on any atom is -0.346 e. The van der Waals surface area contributed by atoms with E-state index in [-0.39, 0.29) is 5.78 Å². The second-order valence-electron chi connectivity index (χ2n) is 3.49. The maximum absolute atomic E-state index is 11.7. The number of rotatable bonds is 3. The van der Waals surface area contributed by atoms with Gasteiger partial charge in [-0.2, -0.15) is 0 Å². The first-order valence-electron chi connectivity index (χ1n) is 5.00. The molecule has 0 unspecified atom stereocenters. The average molecular weight is 226 g/mol. The van der Waals surface area contributed by atoms with Crippen LogP contribution in [0.25, 0.3) is 0 Å². The maximum atomic E-state index is 11.7. The number of carbonyl (C=O) groups is 1. The first-order chi connectivity index (χ1) is 7.72. The standard InChI is InChI=1S/C11H14O5/c1-13-11(14-2)7-8(3-4-9(11)12)10-15-5-6-16-10/h3-4,7,10H,5-6H2,1-2H3. The minimum atomic E-state index is -1.35. The molecular formula is C11H14O5. The molecule has 0 bridgehead atoms. The van der Waals surface area contributed by atoms with Crippen LogP contribution in [-0.2, 0) is 23.7 Å². The number of ether oxygens (including phenoxy) is 4. The van der Waals surface area contributed by atoms with Gasteiger partial charge in [0.05, 0.1) is 13.2 Å². The molecule has 0 aromatic rings. The summed E-state index contributed by atoms with van der Waals surface area (Å²) in [6.07, 6.45) is 4.22. The highest BCUT2D eigenvalue weighted by molar-refractivity contribution is 5.99. The van der Waals surface area contributed by atoms with Crippen molar-refractivity contribution in [3.05, 3.63) is 23.8 Å². The molecule has 0 saturated carbocycles. The van der Waals surface area contributed by atoms with Crippen molar-refractivity contribution in [2.45, 2.75) is 12.1 Å². The minimum absolute atomic E-state index is 0.251. The van der Waals surface area contributed by atoms with E-state index in [9.17, 15) is 4.79 Å². The van der Waals surface area contributed by atoms with Gasteiger partial charge in [0.2, 0.25) is 5.78 Å². The molecule has 0 spiro atoms. The molecule has 0 aromatic carbocycles. The lowest BCUT2D eigenvalue weighted by molar-refractivity contribution is -0.182. The zero-order chi connectivity index (χ0) is 11.6. The van der Waals surface area contributed by atoms with Crippen molar-refractivity contribution < 1.29 is 23.7 Å². The van der Waals surface area contributed by atoms with Gasteiger partial charge < -0.3 is 18.9 Å². The lowest BCUT2D eigenvalue weighted by atomic mass is 10.00. The normalized spacial score (nSPS) is 24.9. The third-order valence-corrected chi connectivity index (χ3v) is 2.63. The van der Waals surface area contributed by atoms with E-state index < -0.39 is 12.1 Å². The molecule has 5 heteroatoms. The van der Waals surface area contributed by atoms with E-state index in [0.717, 1.165) is 5.57 Å². The monoisotopic (exact) mass is 226 g/mol. The van der Waals surface area contributed by atoms with Crippen molar-refractivity contribution in [3.63, 3.8) is 0 Å². The molecule has 2 rings (SSSR count). The molecule has 0 aromatic heterocycles. The van der Waals surface area contributed by atoms with Crippen LogP contribution in [0.3, 0.4) is 0 Å². The molecule has 1 heterocycles. The van der Waals surface area contributed by atoms with E-state index >= 15 is 0 Å². The van der Waals surface area contributed by atoms with Crippen molar-refractivity contribution >= 4 is 5.78 Å². The van der Waals surface area contributed by atoms with Gasteiger partial charge in [-0.15, -0.1) is 0 Å². The second-order valence-corrected chi connectivity index (χ2v) is 3.49. The van der Waals surface area contributed by atoms with Crippen LogP contribution in [-0.4, -0.2) is 45.3 Å².